The van der Waals surface area contributed by atoms with Gasteiger partial charge in [0.25, 0.3) is 0 Å². The molecule has 0 saturated heterocycles. The number of methoxy groups -OCH3 is 1. The van der Waals surface area contributed by atoms with Crippen LogP contribution in [-0.4, -0.2) is 31.1 Å². The number of rotatable bonds is 8. The van der Waals surface area contributed by atoms with Crippen molar-refractivity contribution in [1.82, 2.24) is 0 Å². The molecule has 0 bridgehead atoms. The molecule has 0 radical (unpaired) electrons. The molecular formula is C15H21NO4. The molecule has 1 N–H and O–H groups in total. The molecule has 1 rings (SSSR count). The number of unbranched alkanes of at least 4 members (excludes halogenated alkanes) is 1. The third kappa shape index (κ3) is 5.30. The second kappa shape index (κ2) is 8.96. The van der Waals surface area contributed by atoms with Crippen LogP contribution in [0.25, 0.3) is 0 Å². The lowest BCUT2D eigenvalue weighted by Gasteiger charge is -2.10. The van der Waals surface area contributed by atoms with Gasteiger partial charge in [-0.2, -0.15) is 0 Å². The predicted octanol–water partition coefficient (Wildman–Crippen LogP) is 2.79. The molecule has 0 aliphatic carbocycles. The van der Waals surface area contributed by atoms with Crippen LogP contribution < -0.4 is 4.74 Å². The SMILES string of the molecule is COC(=O)C(/C=N\O)CCCCOc1ccccc1C. The number of nitrogens with zero attached hydrogens (tertiary/aromatic N) is 1. The summed E-state index contributed by atoms with van der Waals surface area (Å²) in [5, 5.41) is 11.4. The highest BCUT2D eigenvalue weighted by Gasteiger charge is 2.16. The summed E-state index contributed by atoms with van der Waals surface area (Å²) in [4.78, 5) is 11.4. The number of carbonyl (C=O) groups excluding carboxylic acids is 1. The normalized spacial score (nSPS) is 12.3. The smallest absolute Gasteiger partial charge is 0.314 e. The number of carbonyl (C=O) groups is 1. The van der Waals surface area contributed by atoms with Gasteiger partial charge in [-0.05, 0) is 37.8 Å². The van der Waals surface area contributed by atoms with Gasteiger partial charge in [-0.3, -0.25) is 4.79 Å². The van der Waals surface area contributed by atoms with Crippen LogP contribution in [-0.2, 0) is 9.53 Å². The van der Waals surface area contributed by atoms with Crippen molar-refractivity contribution in [2.45, 2.75) is 26.2 Å². The van der Waals surface area contributed by atoms with Crippen molar-refractivity contribution in [3.8, 4) is 5.75 Å². The molecule has 0 heterocycles. The summed E-state index contributed by atoms with van der Waals surface area (Å²) in [7, 11) is 1.32. The lowest BCUT2D eigenvalue weighted by atomic mass is 10.0. The molecule has 1 atom stereocenters. The molecule has 0 fully saturated rings. The van der Waals surface area contributed by atoms with Gasteiger partial charge < -0.3 is 14.7 Å². The van der Waals surface area contributed by atoms with Crippen LogP contribution in [0.15, 0.2) is 29.4 Å². The van der Waals surface area contributed by atoms with Crippen LogP contribution in [0.4, 0.5) is 0 Å². The number of benzene rings is 1. The molecule has 0 amide bonds. The number of hydrogen-bond donors (Lipinski definition) is 1. The first kappa shape index (κ1) is 16.0. The zero-order chi connectivity index (χ0) is 14.8. The third-order valence-corrected chi connectivity index (χ3v) is 3.01. The maximum Gasteiger partial charge on any atom is 0.314 e. The van der Waals surface area contributed by atoms with E-state index in [2.05, 4.69) is 9.89 Å². The Balaban J connectivity index is 2.27. The highest BCUT2D eigenvalue weighted by Crippen LogP contribution is 2.17. The van der Waals surface area contributed by atoms with E-state index < -0.39 is 5.92 Å². The van der Waals surface area contributed by atoms with Crippen LogP contribution in [0.2, 0.25) is 0 Å². The van der Waals surface area contributed by atoms with E-state index in [9.17, 15) is 4.79 Å². The number of esters is 1. The van der Waals surface area contributed by atoms with Gasteiger partial charge in [0.2, 0.25) is 0 Å². The zero-order valence-electron chi connectivity index (χ0n) is 11.9. The second-order valence-corrected chi connectivity index (χ2v) is 4.50. The fraction of sp³-hybridized carbons (Fsp3) is 0.467. The molecule has 20 heavy (non-hydrogen) atoms. The van der Waals surface area contributed by atoms with Gasteiger partial charge in [0.05, 0.1) is 25.8 Å². The molecular weight excluding hydrogens is 258 g/mol. The van der Waals surface area contributed by atoms with Crippen LogP contribution in [0, 0.1) is 12.8 Å². The Kier molecular flexibility index (Phi) is 7.17. The van der Waals surface area contributed by atoms with Crippen LogP contribution in [0.5, 0.6) is 5.75 Å². The summed E-state index contributed by atoms with van der Waals surface area (Å²) in [6.45, 7) is 2.59. The van der Waals surface area contributed by atoms with Crippen LogP contribution in [0.1, 0.15) is 24.8 Å². The summed E-state index contributed by atoms with van der Waals surface area (Å²) in [5.41, 5.74) is 1.10. The first-order valence-corrected chi connectivity index (χ1v) is 6.63. The van der Waals surface area contributed by atoms with Gasteiger partial charge >= 0.3 is 5.97 Å². The van der Waals surface area contributed by atoms with E-state index in [4.69, 9.17) is 9.94 Å². The number of para-hydroxylation sites is 1. The minimum atomic E-state index is -0.497. The lowest BCUT2D eigenvalue weighted by molar-refractivity contribution is -0.143. The first-order chi connectivity index (χ1) is 9.69. The van der Waals surface area contributed by atoms with Crippen molar-refractivity contribution in [1.29, 1.82) is 0 Å². The molecule has 110 valence electrons. The highest BCUT2D eigenvalue weighted by atomic mass is 16.5. The van der Waals surface area contributed by atoms with Crippen molar-refractivity contribution in [2.24, 2.45) is 11.1 Å². The zero-order valence-corrected chi connectivity index (χ0v) is 11.9. The Morgan fingerprint density at radius 3 is 2.80 bits per heavy atom. The standard InChI is InChI=1S/C15H21NO4/c1-12-7-3-4-9-14(12)20-10-6-5-8-13(11-16-18)15(17)19-2/h3-4,7,9,11,13,18H,5-6,8,10H2,1-2H3/b16-11-. The Bertz CT molecular complexity index is 445. The second-order valence-electron chi connectivity index (χ2n) is 4.50. The van der Waals surface area contributed by atoms with E-state index in [0.29, 0.717) is 13.0 Å². The third-order valence-electron chi connectivity index (χ3n) is 3.01. The number of oxime groups is 1. The minimum absolute atomic E-state index is 0.386. The van der Waals surface area contributed by atoms with Crippen LogP contribution in [0.3, 0.4) is 0 Å². The summed E-state index contributed by atoms with van der Waals surface area (Å²) in [6.07, 6.45) is 3.39. The van der Waals surface area contributed by atoms with Crippen LogP contribution >= 0.6 is 0 Å². The molecule has 0 aromatic heterocycles. The Morgan fingerprint density at radius 2 is 2.15 bits per heavy atom. The van der Waals surface area contributed by atoms with E-state index in [-0.39, 0.29) is 5.97 Å². The molecule has 5 heteroatoms. The summed E-state index contributed by atoms with van der Waals surface area (Å²) in [5.74, 6) is 0.0000205. The van der Waals surface area contributed by atoms with Crippen molar-refractivity contribution >= 4 is 12.2 Å². The van der Waals surface area contributed by atoms with Gasteiger partial charge in [0, 0.05) is 0 Å². The molecule has 0 aliphatic heterocycles. The van der Waals surface area contributed by atoms with Gasteiger partial charge in [-0.15, -0.1) is 5.16 Å². The summed E-state index contributed by atoms with van der Waals surface area (Å²) >= 11 is 0. The molecule has 5 nitrogen and oxygen atoms in total. The molecule has 0 spiro atoms. The summed E-state index contributed by atoms with van der Waals surface area (Å²) < 4.78 is 10.3. The van der Waals surface area contributed by atoms with Crippen molar-refractivity contribution in [2.75, 3.05) is 13.7 Å². The Hall–Kier alpha value is -2.04. The van der Waals surface area contributed by atoms with E-state index in [1.54, 1.807) is 0 Å². The average molecular weight is 279 g/mol. The van der Waals surface area contributed by atoms with Gasteiger partial charge in [-0.1, -0.05) is 18.2 Å². The maximum atomic E-state index is 11.4. The van der Waals surface area contributed by atoms with Gasteiger partial charge in [0.15, 0.2) is 0 Å². The minimum Gasteiger partial charge on any atom is -0.493 e. The predicted molar refractivity (Wildman–Crippen MR) is 76.3 cm³/mol. The molecule has 1 aromatic carbocycles. The van der Waals surface area contributed by atoms with Gasteiger partial charge in [0.1, 0.15) is 5.75 Å². The lowest BCUT2D eigenvalue weighted by Crippen LogP contribution is -2.17. The quantitative estimate of drug-likeness (QED) is 0.261. The monoisotopic (exact) mass is 279 g/mol. The van der Waals surface area contributed by atoms with Gasteiger partial charge in [-0.25, -0.2) is 0 Å². The Labute approximate surface area is 119 Å². The highest BCUT2D eigenvalue weighted by molar-refractivity contribution is 5.89. The molecule has 0 saturated carbocycles. The van der Waals surface area contributed by atoms with Crippen molar-refractivity contribution in [3.63, 3.8) is 0 Å². The fourth-order valence-electron chi connectivity index (χ4n) is 1.85. The van der Waals surface area contributed by atoms with E-state index in [1.807, 2.05) is 31.2 Å². The average Bonchev–Trinajstić information content (AvgIpc) is 2.46. The van der Waals surface area contributed by atoms with Crippen molar-refractivity contribution in [3.05, 3.63) is 29.8 Å². The number of hydrogen-bond acceptors (Lipinski definition) is 5. The fourth-order valence-corrected chi connectivity index (χ4v) is 1.85. The van der Waals surface area contributed by atoms with E-state index >= 15 is 0 Å². The maximum absolute atomic E-state index is 11.4. The molecule has 1 aromatic rings. The number of ether oxygens (including phenoxy) is 2. The molecule has 0 aliphatic rings. The van der Waals surface area contributed by atoms with Crippen molar-refractivity contribution < 1.29 is 19.5 Å². The number of aryl methyl sites for hydroxylation is 1. The van der Waals surface area contributed by atoms with E-state index in [1.165, 1.54) is 13.3 Å². The summed E-state index contributed by atoms with van der Waals surface area (Å²) in [6, 6.07) is 7.84. The van der Waals surface area contributed by atoms with E-state index in [0.717, 1.165) is 24.2 Å². The largest absolute Gasteiger partial charge is 0.493 e. The Morgan fingerprint density at radius 1 is 1.40 bits per heavy atom. The molecule has 1 unspecified atom stereocenters. The first-order valence-electron chi connectivity index (χ1n) is 6.63. The topological polar surface area (TPSA) is 68.1 Å².